The van der Waals surface area contributed by atoms with Crippen molar-refractivity contribution >= 4 is 27.5 Å². The molecule has 2 heteroatoms. The molecule has 0 bridgehead atoms. The fourth-order valence-corrected chi connectivity index (χ4v) is 1.95. The SMILES string of the molecule is C=C(C)C(=O)O.c1ccc2c(c1)ccc1ccccc12. The van der Waals surface area contributed by atoms with E-state index in [2.05, 4.69) is 67.2 Å². The third kappa shape index (κ3) is 3.04. The fraction of sp³-hybridized carbons (Fsp3) is 0.0556. The van der Waals surface area contributed by atoms with E-state index in [9.17, 15) is 4.79 Å². The van der Waals surface area contributed by atoms with E-state index in [0.717, 1.165) is 0 Å². The summed E-state index contributed by atoms with van der Waals surface area (Å²) in [6.07, 6.45) is 0. The second-order valence-electron chi connectivity index (χ2n) is 4.59. The van der Waals surface area contributed by atoms with E-state index in [-0.39, 0.29) is 5.57 Å². The molecule has 3 aromatic carbocycles. The molecule has 0 aliphatic rings. The molecule has 2 nitrogen and oxygen atoms in total. The predicted octanol–water partition coefficient (Wildman–Crippen LogP) is 4.64. The summed E-state index contributed by atoms with van der Waals surface area (Å²) in [7, 11) is 0. The summed E-state index contributed by atoms with van der Waals surface area (Å²) >= 11 is 0. The van der Waals surface area contributed by atoms with Crippen LogP contribution in [0.3, 0.4) is 0 Å². The molecule has 3 rings (SSSR count). The van der Waals surface area contributed by atoms with Crippen LogP contribution >= 0.6 is 0 Å². The molecular formula is C18H16O2. The van der Waals surface area contributed by atoms with Gasteiger partial charge in [0.05, 0.1) is 0 Å². The van der Waals surface area contributed by atoms with Crippen LogP contribution < -0.4 is 0 Å². The smallest absolute Gasteiger partial charge is 0.330 e. The van der Waals surface area contributed by atoms with Gasteiger partial charge < -0.3 is 5.11 Å². The zero-order chi connectivity index (χ0) is 14.5. The maximum absolute atomic E-state index is 9.60. The number of hydrogen-bond donors (Lipinski definition) is 1. The van der Waals surface area contributed by atoms with Crippen molar-refractivity contribution < 1.29 is 9.90 Å². The van der Waals surface area contributed by atoms with Crippen LogP contribution in [0.25, 0.3) is 21.5 Å². The molecule has 0 saturated carbocycles. The molecule has 0 atom stereocenters. The van der Waals surface area contributed by atoms with Crippen molar-refractivity contribution in [3.8, 4) is 0 Å². The highest BCUT2D eigenvalue weighted by Gasteiger charge is 1.97. The average Bonchev–Trinajstić information content (AvgIpc) is 2.47. The Balaban J connectivity index is 0.000000212. The summed E-state index contributed by atoms with van der Waals surface area (Å²) in [5, 5.41) is 13.2. The number of carboxylic acids is 1. The largest absolute Gasteiger partial charge is 0.478 e. The second-order valence-corrected chi connectivity index (χ2v) is 4.59. The Labute approximate surface area is 118 Å². The van der Waals surface area contributed by atoms with Gasteiger partial charge in [-0.25, -0.2) is 4.79 Å². The number of carbonyl (C=O) groups is 1. The molecule has 0 aliphatic carbocycles. The Hall–Kier alpha value is -2.61. The first-order valence-corrected chi connectivity index (χ1v) is 6.35. The normalized spacial score (nSPS) is 9.85. The number of aliphatic carboxylic acids is 1. The molecular weight excluding hydrogens is 248 g/mol. The Bertz CT molecular complexity index is 706. The zero-order valence-corrected chi connectivity index (χ0v) is 11.3. The third-order valence-corrected chi connectivity index (χ3v) is 3.02. The molecule has 0 heterocycles. The van der Waals surface area contributed by atoms with Gasteiger partial charge in [0.1, 0.15) is 0 Å². The minimum atomic E-state index is -0.935. The number of carboxylic acid groups (broad SMARTS) is 1. The third-order valence-electron chi connectivity index (χ3n) is 3.02. The molecule has 3 aromatic rings. The lowest BCUT2D eigenvalue weighted by Gasteiger charge is -2.02. The summed E-state index contributed by atoms with van der Waals surface area (Å²) < 4.78 is 0. The maximum Gasteiger partial charge on any atom is 0.330 e. The molecule has 1 N–H and O–H groups in total. The van der Waals surface area contributed by atoms with Gasteiger partial charge in [-0.15, -0.1) is 0 Å². The van der Waals surface area contributed by atoms with Gasteiger partial charge in [-0.3, -0.25) is 0 Å². The van der Waals surface area contributed by atoms with Crippen LogP contribution in [0.5, 0.6) is 0 Å². The molecule has 0 aromatic heterocycles. The predicted molar refractivity (Wildman–Crippen MR) is 83.9 cm³/mol. The van der Waals surface area contributed by atoms with Gasteiger partial charge in [-0.2, -0.15) is 0 Å². The standard InChI is InChI=1S/C14H10.C4H6O2/c1-3-7-13-11(5-1)9-10-12-6-2-4-8-14(12)13;1-3(2)4(5)6/h1-10H;1H2,2H3,(H,5,6). The van der Waals surface area contributed by atoms with Crippen molar-refractivity contribution in [2.24, 2.45) is 0 Å². The van der Waals surface area contributed by atoms with Gasteiger partial charge in [-0.05, 0) is 28.5 Å². The lowest BCUT2D eigenvalue weighted by Crippen LogP contribution is -1.92. The van der Waals surface area contributed by atoms with Crippen molar-refractivity contribution in [3.63, 3.8) is 0 Å². The van der Waals surface area contributed by atoms with E-state index in [1.807, 2.05) is 0 Å². The topological polar surface area (TPSA) is 37.3 Å². The highest BCUT2D eigenvalue weighted by atomic mass is 16.4. The first-order chi connectivity index (χ1) is 9.59. The molecule has 0 fully saturated rings. The lowest BCUT2D eigenvalue weighted by molar-refractivity contribution is -0.132. The number of rotatable bonds is 1. The van der Waals surface area contributed by atoms with Gasteiger partial charge in [0.2, 0.25) is 0 Å². The molecule has 100 valence electrons. The van der Waals surface area contributed by atoms with Crippen LogP contribution in [0.15, 0.2) is 72.8 Å². The van der Waals surface area contributed by atoms with E-state index in [1.54, 1.807) is 0 Å². The average molecular weight is 264 g/mol. The molecule has 0 saturated heterocycles. The molecule has 0 radical (unpaired) electrons. The number of benzene rings is 3. The van der Waals surface area contributed by atoms with Gasteiger partial charge in [0.15, 0.2) is 0 Å². The minimum absolute atomic E-state index is 0.176. The van der Waals surface area contributed by atoms with Crippen molar-refractivity contribution in [2.75, 3.05) is 0 Å². The fourth-order valence-electron chi connectivity index (χ4n) is 1.95. The molecule has 20 heavy (non-hydrogen) atoms. The highest BCUT2D eigenvalue weighted by Crippen LogP contribution is 2.24. The molecule has 0 aliphatic heterocycles. The van der Waals surface area contributed by atoms with Crippen LogP contribution in [0.4, 0.5) is 0 Å². The minimum Gasteiger partial charge on any atom is -0.478 e. The molecule has 0 amide bonds. The van der Waals surface area contributed by atoms with Gasteiger partial charge >= 0.3 is 5.97 Å². The van der Waals surface area contributed by atoms with E-state index in [1.165, 1.54) is 28.5 Å². The van der Waals surface area contributed by atoms with E-state index < -0.39 is 5.97 Å². The molecule has 0 unspecified atom stereocenters. The first kappa shape index (κ1) is 13.8. The Morgan fingerprint density at radius 3 is 1.55 bits per heavy atom. The van der Waals surface area contributed by atoms with Gasteiger partial charge in [0.25, 0.3) is 0 Å². The quantitative estimate of drug-likeness (QED) is 0.513. The van der Waals surface area contributed by atoms with Crippen molar-refractivity contribution in [1.82, 2.24) is 0 Å². The number of hydrogen-bond acceptors (Lipinski definition) is 1. The maximum atomic E-state index is 9.60. The van der Waals surface area contributed by atoms with Gasteiger partial charge in [-0.1, -0.05) is 67.2 Å². The Morgan fingerprint density at radius 2 is 1.20 bits per heavy atom. The van der Waals surface area contributed by atoms with Crippen LogP contribution in [-0.2, 0) is 4.79 Å². The first-order valence-electron chi connectivity index (χ1n) is 6.35. The summed E-state index contributed by atoms with van der Waals surface area (Å²) in [6, 6.07) is 21.4. The Kier molecular flexibility index (Phi) is 4.16. The van der Waals surface area contributed by atoms with Crippen molar-refractivity contribution in [1.29, 1.82) is 0 Å². The van der Waals surface area contributed by atoms with Crippen molar-refractivity contribution in [2.45, 2.75) is 6.92 Å². The summed E-state index contributed by atoms with van der Waals surface area (Å²) in [5.41, 5.74) is 0.176. The lowest BCUT2D eigenvalue weighted by atomic mass is 10.0. The van der Waals surface area contributed by atoms with Crippen LogP contribution in [0.1, 0.15) is 6.92 Å². The summed E-state index contributed by atoms with van der Waals surface area (Å²) in [5.74, 6) is -0.935. The van der Waals surface area contributed by atoms with Crippen LogP contribution in [0.2, 0.25) is 0 Å². The van der Waals surface area contributed by atoms with Crippen LogP contribution in [-0.4, -0.2) is 11.1 Å². The van der Waals surface area contributed by atoms with E-state index in [0.29, 0.717) is 0 Å². The monoisotopic (exact) mass is 264 g/mol. The Morgan fingerprint density at radius 1 is 0.850 bits per heavy atom. The molecule has 0 spiro atoms. The van der Waals surface area contributed by atoms with Crippen molar-refractivity contribution in [3.05, 3.63) is 72.8 Å². The van der Waals surface area contributed by atoms with Gasteiger partial charge in [0, 0.05) is 5.57 Å². The summed E-state index contributed by atoms with van der Waals surface area (Å²) in [4.78, 5) is 9.60. The zero-order valence-electron chi connectivity index (χ0n) is 11.3. The number of fused-ring (bicyclic) bond motifs is 3. The van der Waals surface area contributed by atoms with E-state index >= 15 is 0 Å². The van der Waals surface area contributed by atoms with Crippen LogP contribution in [0, 0.1) is 0 Å². The summed E-state index contributed by atoms with van der Waals surface area (Å²) in [6.45, 7) is 4.60. The second kappa shape index (κ2) is 6.02. The van der Waals surface area contributed by atoms with E-state index in [4.69, 9.17) is 5.11 Å². The highest BCUT2D eigenvalue weighted by molar-refractivity contribution is 6.07.